The molecule has 1 amide bonds. The van der Waals surface area contributed by atoms with E-state index in [1.807, 2.05) is 85.8 Å². The van der Waals surface area contributed by atoms with Crippen molar-refractivity contribution in [3.63, 3.8) is 0 Å². The average molecular weight is 533 g/mol. The van der Waals surface area contributed by atoms with Gasteiger partial charge < -0.3 is 20.7 Å². The van der Waals surface area contributed by atoms with Gasteiger partial charge in [0, 0.05) is 37.3 Å². The molecule has 0 saturated carbocycles. The van der Waals surface area contributed by atoms with Gasteiger partial charge in [0.05, 0.1) is 0 Å². The Morgan fingerprint density at radius 1 is 0.868 bits per heavy atom. The van der Waals surface area contributed by atoms with Crippen molar-refractivity contribution in [1.29, 1.82) is 0 Å². The maximum Gasteiger partial charge on any atom is 0.242 e. The molecule has 0 heterocycles. The van der Waals surface area contributed by atoms with E-state index in [1.165, 1.54) is 5.56 Å². The SMILES string of the molecule is Cc1ccc(Oc2ccc(NC(=S)N[C@@H](Cc3ccccc3)C(=O)NCCN(C(C)C)C(C)C)cc2)cc1. The molecule has 0 aliphatic heterocycles. The summed E-state index contributed by atoms with van der Waals surface area (Å²) in [5, 5.41) is 9.90. The number of carbonyl (C=O) groups is 1. The molecule has 0 aromatic heterocycles. The summed E-state index contributed by atoms with van der Waals surface area (Å²) in [4.78, 5) is 15.6. The molecule has 202 valence electrons. The minimum atomic E-state index is -0.506. The Morgan fingerprint density at radius 2 is 1.45 bits per heavy atom. The topological polar surface area (TPSA) is 65.6 Å². The van der Waals surface area contributed by atoms with E-state index in [1.54, 1.807) is 0 Å². The molecule has 0 saturated heterocycles. The summed E-state index contributed by atoms with van der Waals surface area (Å²) in [5.41, 5.74) is 3.05. The molecule has 0 aliphatic carbocycles. The van der Waals surface area contributed by atoms with Crippen molar-refractivity contribution in [3.05, 3.63) is 90.0 Å². The van der Waals surface area contributed by atoms with Crippen LogP contribution in [0.3, 0.4) is 0 Å². The Balaban J connectivity index is 1.59. The number of hydrogen-bond acceptors (Lipinski definition) is 4. The number of nitrogens with one attached hydrogen (secondary N) is 3. The van der Waals surface area contributed by atoms with E-state index in [0.29, 0.717) is 30.2 Å². The molecule has 0 fully saturated rings. The van der Waals surface area contributed by atoms with Gasteiger partial charge in [0.25, 0.3) is 0 Å². The van der Waals surface area contributed by atoms with Gasteiger partial charge in [-0.1, -0.05) is 48.0 Å². The molecule has 3 aromatic rings. The fourth-order valence-electron chi connectivity index (χ4n) is 4.28. The first-order valence-electron chi connectivity index (χ1n) is 13.2. The lowest BCUT2D eigenvalue weighted by molar-refractivity contribution is -0.122. The summed E-state index contributed by atoms with van der Waals surface area (Å²) in [6.45, 7) is 12.1. The number of nitrogens with zero attached hydrogens (tertiary/aromatic N) is 1. The number of thiocarbonyl (C=S) groups is 1. The Morgan fingerprint density at radius 3 is 2.03 bits per heavy atom. The maximum atomic E-state index is 13.2. The molecule has 0 unspecified atom stereocenters. The summed E-state index contributed by atoms with van der Waals surface area (Å²) >= 11 is 5.58. The largest absolute Gasteiger partial charge is 0.457 e. The fourth-order valence-corrected chi connectivity index (χ4v) is 4.54. The zero-order chi connectivity index (χ0) is 27.5. The smallest absolute Gasteiger partial charge is 0.242 e. The lowest BCUT2D eigenvalue weighted by atomic mass is 10.1. The van der Waals surface area contributed by atoms with Crippen LogP contribution in [0, 0.1) is 6.92 Å². The highest BCUT2D eigenvalue weighted by Gasteiger charge is 2.21. The average Bonchev–Trinajstić information content (AvgIpc) is 2.88. The molecule has 3 N–H and O–H groups in total. The Kier molecular flexibility index (Phi) is 11.1. The number of rotatable bonds is 12. The van der Waals surface area contributed by atoms with Crippen LogP contribution in [0.4, 0.5) is 5.69 Å². The first kappa shape index (κ1) is 29.1. The van der Waals surface area contributed by atoms with Crippen molar-refractivity contribution in [2.24, 2.45) is 0 Å². The standard InChI is InChI=1S/C31H40N4O2S/c1-22(2)35(23(3)4)20-19-32-30(36)29(21-25-9-7-6-8-10-25)34-31(38)33-26-13-17-28(18-14-26)37-27-15-11-24(5)12-16-27/h6-18,22-23,29H,19-21H2,1-5H3,(H,32,36)(H2,33,34,38)/t29-/m0/s1. The number of anilines is 1. The predicted octanol–water partition coefficient (Wildman–Crippen LogP) is 5.92. The Labute approximate surface area is 232 Å². The number of amides is 1. The molecule has 3 aromatic carbocycles. The van der Waals surface area contributed by atoms with Gasteiger partial charge in [-0.3, -0.25) is 9.69 Å². The second-order valence-electron chi connectivity index (χ2n) is 10.00. The molecule has 0 aliphatic rings. The highest BCUT2D eigenvalue weighted by atomic mass is 32.1. The zero-order valence-corrected chi connectivity index (χ0v) is 23.8. The van der Waals surface area contributed by atoms with Gasteiger partial charge in [0.1, 0.15) is 17.5 Å². The van der Waals surface area contributed by atoms with Crippen LogP contribution in [0.5, 0.6) is 11.5 Å². The second kappa shape index (κ2) is 14.5. The third-order valence-electron chi connectivity index (χ3n) is 6.27. The molecule has 7 heteroatoms. The van der Waals surface area contributed by atoms with E-state index >= 15 is 0 Å². The van der Waals surface area contributed by atoms with Crippen molar-refractivity contribution < 1.29 is 9.53 Å². The number of carbonyl (C=O) groups excluding carboxylic acids is 1. The third-order valence-corrected chi connectivity index (χ3v) is 6.49. The highest BCUT2D eigenvalue weighted by molar-refractivity contribution is 7.80. The van der Waals surface area contributed by atoms with Crippen LogP contribution in [-0.4, -0.2) is 47.1 Å². The van der Waals surface area contributed by atoms with Crippen LogP contribution in [0.1, 0.15) is 38.8 Å². The fraction of sp³-hybridized carbons (Fsp3) is 0.355. The first-order valence-corrected chi connectivity index (χ1v) is 13.6. The molecule has 38 heavy (non-hydrogen) atoms. The van der Waals surface area contributed by atoms with Crippen LogP contribution in [-0.2, 0) is 11.2 Å². The van der Waals surface area contributed by atoms with E-state index in [0.717, 1.165) is 29.3 Å². The number of ether oxygens (including phenoxy) is 1. The number of aryl methyl sites for hydroxylation is 1. The molecular formula is C31H40N4O2S. The van der Waals surface area contributed by atoms with Gasteiger partial charge in [-0.15, -0.1) is 0 Å². The number of benzene rings is 3. The van der Waals surface area contributed by atoms with Gasteiger partial charge in [-0.2, -0.15) is 0 Å². The van der Waals surface area contributed by atoms with E-state index in [9.17, 15) is 4.79 Å². The second-order valence-corrected chi connectivity index (χ2v) is 10.4. The quantitative estimate of drug-likeness (QED) is 0.252. The van der Waals surface area contributed by atoms with Crippen LogP contribution in [0.2, 0.25) is 0 Å². The molecular weight excluding hydrogens is 492 g/mol. The minimum absolute atomic E-state index is 0.0766. The Hall–Kier alpha value is -3.42. The van der Waals surface area contributed by atoms with Crippen molar-refractivity contribution in [1.82, 2.24) is 15.5 Å². The lowest BCUT2D eigenvalue weighted by Crippen LogP contribution is -2.51. The Bertz CT molecular complexity index is 1140. The normalized spacial score (nSPS) is 11.9. The van der Waals surface area contributed by atoms with Crippen molar-refractivity contribution in [3.8, 4) is 11.5 Å². The van der Waals surface area contributed by atoms with E-state index in [2.05, 4.69) is 48.5 Å². The summed E-state index contributed by atoms with van der Waals surface area (Å²) in [5.74, 6) is 1.44. The van der Waals surface area contributed by atoms with Gasteiger partial charge in [0.15, 0.2) is 5.11 Å². The van der Waals surface area contributed by atoms with Gasteiger partial charge in [0.2, 0.25) is 5.91 Å². The summed E-state index contributed by atoms with van der Waals surface area (Å²) in [6.07, 6.45) is 0.524. The van der Waals surface area contributed by atoms with Gasteiger partial charge in [-0.25, -0.2) is 0 Å². The van der Waals surface area contributed by atoms with Crippen LogP contribution < -0.4 is 20.7 Å². The summed E-state index contributed by atoms with van der Waals surface area (Å²) in [7, 11) is 0. The molecule has 6 nitrogen and oxygen atoms in total. The lowest BCUT2D eigenvalue weighted by Gasteiger charge is -2.30. The summed E-state index contributed by atoms with van der Waals surface area (Å²) in [6, 6.07) is 25.8. The summed E-state index contributed by atoms with van der Waals surface area (Å²) < 4.78 is 5.91. The molecule has 0 spiro atoms. The van der Waals surface area contributed by atoms with E-state index < -0.39 is 6.04 Å². The maximum absolute atomic E-state index is 13.2. The van der Waals surface area contributed by atoms with E-state index in [4.69, 9.17) is 17.0 Å². The van der Waals surface area contributed by atoms with Crippen LogP contribution in [0.25, 0.3) is 0 Å². The van der Waals surface area contributed by atoms with Gasteiger partial charge >= 0.3 is 0 Å². The molecule has 0 bridgehead atoms. The first-order chi connectivity index (χ1) is 18.2. The predicted molar refractivity (Wildman–Crippen MR) is 161 cm³/mol. The van der Waals surface area contributed by atoms with Gasteiger partial charge in [-0.05, 0) is 88.8 Å². The van der Waals surface area contributed by atoms with Crippen molar-refractivity contribution in [2.75, 3.05) is 18.4 Å². The monoisotopic (exact) mass is 532 g/mol. The van der Waals surface area contributed by atoms with Crippen LogP contribution in [0.15, 0.2) is 78.9 Å². The zero-order valence-electron chi connectivity index (χ0n) is 23.0. The number of hydrogen-bond donors (Lipinski definition) is 3. The highest BCUT2D eigenvalue weighted by Crippen LogP contribution is 2.23. The van der Waals surface area contributed by atoms with E-state index in [-0.39, 0.29) is 5.91 Å². The van der Waals surface area contributed by atoms with Crippen LogP contribution >= 0.6 is 12.2 Å². The third kappa shape index (κ3) is 9.47. The van der Waals surface area contributed by atoms with Crippen molar-refractivity contribution in [2.45, 2.75) is 59.2 Å². The molecule has 1 atom stereocenters. The minimum Gasteiger partial charge on any atom is -0.457 e. The molecule has 0 radical (unpaired) electrons. The van der Waals surface area contributed by atoms with Crippen molar-refractivity contribution >= 4 is 28.9 Å². The molecule has 3 rings (SSSR count).